The van der Waals surface area contributed by atoms with E-state index in [0.29, 0.717) is 32.4 Å². The Labute approximate surface area is 151 Å². The van der Waals surface area contributed by atoms with Gasteiger partial charge in [0, 0.05) is 5.02 Å². The van der Waals surface area contributed by atoms with Gasteiger partial charge in [-0.05, 0) is 25.1 Å². The maximum absolute atomic E-state index is 12.3. The molecule has 128 valence electrons. The highest BCUT2D eigenvalue weighted by atomic mass is 35.5. The van der Waals surface area contributed by atoms with Crippen LogP contribution in [-0.4, -0.2) is 41.5 Å². The van der Waals surface area contributed by atoms with Gasteiger partial charge in [-0.15, -0.1) is 10.2 Å². The fraction of sp³-hybridized carbons (Fsp3) is 0.286. The van der Waals surface area contributed by atoms with Crippen LogP contribution < -0.4 is 10.1 Å². The first kappa shape index (κ1) is 18.5. The number of hydrogen-bond donors (Lipinski definition) is 1. The third-order valence-electron chi connectivity index (χ3n) is 2.65. The van der Waals surface area contributed by atoms with Gasteiger partial charge in [-0.2, -0.15) is 0 Å². The molecule has 0 spiro atoms. The lowest BCUT2D eigenvalue weighted by Crippen LogP contribution is -2.13. The molecule has 0 radical (unpaired) electrons. The summed E-state index contributed by atoms with van der Waals surface area (Å²) in [5.41, 5.74) is 0.331. The number of rotatable bonds is 7. The van der Waals surface area contributed by atoms with Crippen molar-refractivity contribution in [1.29, 1.82) is 0 Å². The predicted molar refractivity (Wildman–Crippen MR) is 93.2 cm³/mol. The molecule has 0 bridgehead atoms. The summed E-state index contributed by atoms with van der Waals surface area (Å²) in [7, 11) is 1.46. The van der Waals surface area contributed by atoms with E-state index in [9.17, 15) is 9.59 Å². The molecule has 7 nitrogen and oxygen atoms in total. The minimum atomic E-state index is -0.387. The first-order valence-corrected chi connectivity index (χ1v) is 8.98. The summed E-state index contributed by atoms with van der Waals surface area (Å²) in [4.78, 5) is 23.6. The zero-order chi connectivity index (χ0) is 17.5. The number of thioether (sulfide) groups is 1. The maximum Gasteiger partial charge on any atom is 0.316 e. The Morgan fingerprint density at radius 2 is 2.17 bits per heavy atom. The number of nitrogens with one attached hydrogen (secondary N) is 1. The minimum absolute atomic E-state index is 0.140. The summed E-state index contributed by atoms with van der Waals surface area (Å²) in [6.07, 6.45) is 0. The number of ether oxygens (including phenoxy) is 2. The molecule has 2 rings (SSSR count). The van der Waals surface area contributed by atoms with E-state index in [4.69, 9.17) is 21.1 Å². The zero-order valence-corrected chi connectivity index (χ0v) is 15.3. The predicted octanol–water partition coefficient (Wildman–Crippen LogP) is 3.11. The van der Waals surface area contributed by atoms with Crippen molar-refractivity contribution in [3.05, 3.63) is 28.8 Å². The van der Waals surface area contributed by atoms with Crippen LogP contribution in [0.25, 0.3) is 0 Å². The summed E-state index contributed by atoms with van der Waals surface area (Å²) in [6, 6.07) is 4.71. The Kier molecular flexibility index (Phi) is 6.83. The Morgan fingerprint density at radius 1 is 1.38 bits per heavy atom. The van der Waals surface area contributed by atoms with Gasteiger partial charge in [0.25, 0.3) is 5.91 Å². The smallest absolute Gasteiger partial charge is 0.316 e. The van der Waals surface area contributed by atoms with Crippen molar-refractivity contribution in [2.24, 2.45) is 0 Å². The summed E-state index contributed by atoms with van der Waals surface area (Å²) < 4.78 is 10.5. The van der Waals surface area contributed by atoms with E-state index in [-0.39, 0.29) is 17.6 Å². The average molecular weight is 388 g/mol. The normalized spacial score (nSPS) is 10.3. The molecule has 1 heterocycles. The number of carbonyl (C=O) groups excluding carboxylic acids is 2. The SMILES string of the molecule is CCOC(=O)CSc1nnc(NC(=O)c2ccc(Cl)cc2OC)s1. The van der Waals surface area contributed by atoms with Gasteiger partial charge in [-0.3, -0.25) is 14.9 Å². The highest BCUT2D eigenvalue weighted by Crippen LogP contribution is 2.27. The van der Waals surface area contributed by atoms with E-state index >= 15 is 0 Å². The summed E-state index contributed by atoms with van der Waals surface area (Å²) in [5.74, 6) is -0.209. The van der Waals surface area contributed by atoms with Crippen LogP contribution in [0.2, 0.25) is 5.02 Å². The Hall–Kier alpha value is -1.84. The van der Waals surface area contributed by atoms with Crippen molar-refractivity contribution >= 4 is 51.7 Å². The standard InChI is InChI=1S/C14H14ClN3O4S2/c1-3-22-11(19)7-23-14-18-17-13(24-14)16-12(20)9-5-4-8(15)6-10(9)21-2/h4-6H,3,7H2,1-2H3,(H,16,17,20). The van der Waals surface area contributed by atoms with Crippen molar-refractivity contribution in [3.63, 3.8) is 0 Å². The number of hydrogen-bond acceptors (Lipinski definition) is 8. The quantitative estimate of drug-likeness (QED) is 0.443. The number of methoxy groups -OCH3 is 1. The van der Waals surface area contributed by atoms with Crippen molar-refractivity contribution in [2.75, 3.05) is 24.8 Å². The number of halogens is 1. The second kappa shape index (κ2) is 8.86. The first-order valence-electron chi connectivity index (χ1n) is 6.80. The van der Waals surface area contributed by atoms with Gasteiger partial charge in [0.1, 0.15) is 5.75 Å². The summed E-state index contributed by atoms with van der Waals surface area (Å²) in [6.45, 7) is 2.08. The first-order chi connectivity index (χ1) is 11.5. The molecule has 0 aliphatic heterocycles. The van der Waals surface area contributed by atoms with Crippen molar-refractivity contribution in [1.82, 2.24) is 10.2 Å². The molecule has 0 atom stereocenters. The molecule has 1 amide bonds. The van der Waals surface area contributed by atoms with Crippen LogP contribution in [0.15, 0.2) is 22.5 Å². The average Bonchev–Trinajstić information content (AvgIpc) is 3.00. The van der Waals surface area contributed by atoms with Gasteiger partial charge in [0.2, 0.25) is 5.13 Å². The van der Waals surface area contributed by atoms with Crippen LogP contribution in [-0.2, 0) is 9.53 Å². The minimum Gasteiger partial charge on any atom is -0.496 e. The van der Waals surface area contributed by atoms with Crippen LogP contribution in [0.5, 0.6) is 5.75 Å². The lowest BCUT2D eigenvalue weighted by atomic mass is 10.2. The number of carbonyl (C=O) groups is 2. The molecule has 0 saturated carbocycles. The molecule has 1 N–H and O–H groups in total. The molecule has 2 aromatic rings. The Morgan fingerprint density at radius 3 is 2.88 bits per heavy atom. The van der Waals surface area contributed by atoms with Crippen LogP contribution in [0.3, 0.4) is 0 Å². The third-order valence-corrected chi connectivity index (χ3v) is 4.83. The topological polar surface area (TPSA) is 90.4 Å². The van der Waals surface area contributed by atoms with Crippen LogP contribution in [0, 0.1) is 0 Å². The van der Waals surface area contributed by atoms with Gasteiger partial charge in [-0.1, -0.05) is 34.7 Å². The maximum atomic E-state index is 12.3. The lowest BCUT2D eigenvalue weighted by molar-refractivity contribution is -0.139. The van der Waals surface area contributed by atoms with Crippen LogP contribution in [0.1, 0.15) is 17.3 Å². The molecule has 24 heavy (non-hydrogen) atoms. The number of amides is 1. The van der Waals surface area contributed by atoms with E-state index in [2.05, 4.69) is 15.5 Å². The molecule has 0 fully saturated rings. The Bertz CT molecular complexity index is 739. The third kappa shape index (κ3) is 5.08. The summed E-state index contributed by atoms with van der Waals surface area (Å²) >= 11 is 8.24. The van der Waals surface area contributed by atoms with E-state index < -0.39 is 0 Å². The highest BCUT2D eigenvalue weighted by Gasteiger charge is 2.15. The lowest BCUT2D eigenvalue weighted by Gasteiger charge is -2.07. The van der Waals surface area contributed by atoms with E-state index in [1.807, 2.05) is 0 Å². The van der Waals surface area contributed by atoms with Gasteiger partial charge < -0.3 is 9.47 Å². The number of esters is 1. The van der Waals surface area contributed by atoms with E-state index in [1.165, 1.54) is 30.2 Å². The second-order valence-electron chi connectivity index (χ2n) is 4.27. The monoisotopic (exact) mass is 387 g/mol. The fourth-order valence-corrected chi connectivity index (χ4v) is 3.37. The van der Waals surface area contributed by atoms with Gasteiger partial charge in [0.15, 0.2) is 4.34 Å². The molecule has 0 aliphatic carbocycles. The van der Waals surface area contributed by atoms with Gasteiger partial charge >= 0.3 is 5.97 Å². The van der Waals surface area contributed by atoms with E-state index in [0.717, 1.165) is 0 Å². The van der Waals surface area contributed by atoms with Crippen LogP contribution >= 0.6 is 34.7 Å². The molecular formula is C14H14ClN3O4S2. The summed E-state index contributed by atoms with van der Waals surface area (Å²) in [5, 5.41) is 11.2. The van der Waals surface area contributed by atoms with E-state index in [1.54, 1.807) is 25.1 Å². The zero-order valence-electron chi connectivity index (χ0n) is 12.9. The molecule has 0 unspecified atom stereocenters. The number of anilines is 1. The molecule has 1 aromatic heterocycles. The molecule has 0 saturated heterocycles. The number of aromatic nitrogens is 2. The molecule has 10 heteroatoms. The molecular weight excluding hydrogens is 374 g/mol. The van der Waals surface area contributed by atoms with Crippen molar-refractivity contribution in [3.8, 4) is 5.75 Å². The second-order valence-corrected chi connectivity index (χ2v) is 6.90. The molecule has 1 aromatic carbocycles. The van der Waals surface area contributed by atoms with Gasteiger partial charge in [0.05, 0.1) is 25.0 Å². The fourth-order valence-electron chi connectivity index (χ4n) is 1.66. The van der Waals surface area contributed by atoms with Crippen molar-refractivity contribution in [2.45, 2.75) is 11.3 Å². The van der Waals surface area contributed by atoms with Gasteiger partial charge in [-0.25, -0.2) is 0 Å². The number of nitrogens with zero attached hydrogens (tertiary/aromatic N) is 2. The largest absolute Gasteiger partial charge is 0.496 e. The highest BCUT2D eigenvalue weighted by molar-refractivity contribution is 8.01. The van der Waals surface area contributed by atoms with Crippen LogP contribution in [0.4, 0.5) is 5.13 Å². The van der Waals surface area contributed by atoms with Crippen molar-refractivity contribution < 1.29 is 19.1 Å². The number of benzene rings is 1. The Balaban J connectivity index is 1.99. The molecule has 0 aliphatic rings.